The maximum Gasteiger partial charge on any atom is 0.102 e. The van der Waals surface area contributed by atoms with Crippen LogP contribution in [-0.4, -0.2) is 43.9 Å². The SMILES string of the molecule is CCC(CN1CCCC1)n1cncc1-c1c(-c2ccccc2)nn(C)c1C. The lowest BCUT2D eigenvalue weighted by Gasteiger charge is -2.25. The van der Waals surface area contributed by atoms with E-state index in [1.807, 2.05) is 30.3 Å². The summed E-state index contributed by atoms with van der Waals surface area (Å²) in [5, 5.41) is 4.83. The highest BCUT2D eigenvalue weighted by atomic mass is 15.3. The summed E-state index contributed by atoms with van der Waals surface area (Å²) in [6.45, 7) is 7.97. The van der Waals surface area contributed by atoms with Crippen LogP contribution in [0.3, 0.4) is 0 Å². The Morgan fingerprint density at radius 1 is 1.11 bits per heavy atom. The first-order valence-electron chi connectivity index (χ1n) is 10.0. The highest BCUT2D eigenvalue weighted by Crippen LogP contribution is 2.35. The zero-order valence-electron chi connectivity index (χ0n) is 16.6. The Labute approximate surface area is 161 Å². The smallest absolute Gasteiger partial charge is 0.102 e. The van der Waals surface area contributed by atoms with Crippen molar-refractivity contribution in [2.45, 2.75) is 39.2 Å². The molecule has 1 aromatic carbocycles. The van der Waals surface area contributed by atoms with Gasteiger partial charge in [-0.05, 0) is 39.3 Å². The lowest BCUT2D eigenvalue weighted by molar-refractivity contribution is 0.273. The summed E-state index contributed by atoms with van der Waals surface area (Å²) in [5.41, 5.74) is 5.73. The number of hydrogen-bond donors (Lipinski definition) is 0. The molecule has 1 aliphatic heterocycles. The summed E-state index contributed by atoms with van der Waals surface area (Å²) >= 11 is 0. The molecule has 0 N–H and O–H groups in total. The van der Waals surface area contributed by atoms with Gasteiger partial charge in [0.1, 0.15) is 5.69 Å². The second-order valence-corrected chi connectivity index (χ2v) is 7.55. The molecule has 0 aliphatic carbocycles. The topological polar surface area (TPSA) is 38.9 Å². The van der Waals surface area contributed by atoms with Crippen molar-refractivity contribution in [3.8, 4) is 22.5 Å². The fraction of sp³-hybridized carbons (Fsp3) is 0.455. The van der Waals surface area contributed by atoms with E-state index in [0.29, 0.717) is 6.04 Å². The number of hydrogen-bond acceptors (Lipinski definition) is 3. The predicted octanol–water partition coefficient (Wildman–Crippen LogP) is 4.31. The van der Waals surface area contributed by atoms with E-state index >= 15 is 0 Å². The number of aromatic nitrogens is 4. The van der Waals surface area contributed by atoms with Crippen LogP contribution in [0.25, 0.3) is 22.5 Å². The Morgan fingerprint density at radius 3 is 2.56 bits per heavy atom. The summed E-state index contributed by atoms with van der Waals surface area (Å²) < 4.78 is 4.35. The van der Waals surface area contributed by atoms with E-state index in [1.54, 1.807) is 0 Å². The van der Waals surface area contributed by atoms with Gasteiger partial charge >= 0.3 is 0 Å². The van der Waals surface area contributed by atoms with E-state index in [4.69, 9.17) is 5.10 Å². The van der Waals surface area contributed by atoms with E-state index in [2.05, 4.69) is 52.6 Å². The van der Waals surface area contributed by atoms with Gasteiger partial charge in [-0.3, -0.25) is 4.68 Å². The monoisotopic (exact) mass is 363 g/mol. The second-order valence-electron chi connectivity index (χ2n) is 7.55. The number of aryl methyl sites for hydroxylation is 1. The normalized spacial score (nSPS) is 16.1. The second kappa shape index (κ2) is 7.69. The Hall–Kier alpha value is -2.40. The summed E-state index contributed by atoms with van der Waals surface area (Å²) in [5.74, 6) is 0. The molecule has 1 saturated heterocycles. The van der Waals surface area contributed by atoms with Crippen LogP contribution in [-0.2, 0) is 7.05 Å². The Balaban J connectivity index is 1.76. The highest BCUT2D eigenvalue weighted by molar-refractivity contribution is 5.81. The van der Waals surface area contributed by atoms with Crippen LogP contribution >= 0.6 is 0 Å². The first-order chi connectivity index (χ1) is 13.2. The molecule has 1 atom stereocenters. The van der Waals surface area contributed by atoms with Gasteiger partial charge in [-0.1, -0.05) is 37.3 Å². The van der Waals surface area contributed by atoms with Crippen molar-refractivity contribution >= 4 is 0 Å². The van der Waals surface area contributed by atoms with Gasteiger partial charge in [0, 0.05) is 36.5 Å². The largest absolute Gasteiger partial charge is 0.326 e. The summed E-state index contributed by atoms with van der Waals surface area (Å²) in [6.07, 6.45) is 7.75. The molecule has 1 fully saturated rings. The molecular weight excluding hydrogens is 334 g/mol. The number of nitrogens with zero attached hydrogens (tertiary/aromatic N) is 5. The number of benzene rings is 1. The van der Waals surface area contributed by atoms with Gasteiger partial charge in [0.2, 0.25) is 0 Å². The molecule has 0 saturated carbocycles. The molecule has 1 aliphatic rings. The van der Waals surface area contributed by atoms with Crippen LogP contribution in [0.2, 0.25) is 0 Å². The van der Waals surface area contributed by atoms with Crippen molar-refractivity contribution in [3.63, 3.8) is 0 Å². The maximum atomic E-state index is 4.83. The van der Waals surface area contributed by atoms with Crippen molar-refractivity contribution < 1.29 is 0 Å². The van der Waals surface area contributed by atoms with Crippen LogP contribution in [0.5, 0.6) is 0 Å². The van der Waals surface area contributed by atoms with Crippen molar-refractivity contribution in [1.82, 2.24) is 24.2 Å². The molecule has 5 heteroatoms. The third kappa shape index (κ3) is 3.44. The molecule has 3 aromatic rings. The van der Waals surface area contributed by atoms with Crippen molar-refractivity contribution in [2.75, 3.05) is 19.6 Å². The lowest BCUT2D eigenvalue weighted by atomic mass is 10.0. The lowest BCUT2D eigenvalue weighted by Crippen LogP contribution is -2.28. The number of likely N-dealkylation sites (tertiary alicyclic amines) is 1. The van der Waals surface area contributed by atoms with Crippen LogP contribution in [0, 0.1) is 6.92 Å². The number of rotatable bonds is 6. The minimum absolute atomic E-state index is 0.434. The standard InChI is InChI=1S/C22H29N5/c1-4-19(15-26-12-8-9-13-26)27-16-23-14-20(27)21-17(2)25(3)24-22(21)18-10-6-5-7-11-18/h5-7,10-11,14,16,19H,4,8-9,12-13,15H2,1-3H3. The fourth-order valence-electron chi connectivity index (χ4n) is 4.18. The fourth-order valence-corrected chi connectivity index (χ4v) is 4.18. The number of imidazole rings is 1. The van der Waals surface area contributed by atoms with Gasteiger partial charge in [-0.15, -0.1) is 0 Å². The van der Waals surface area contributed by atoms with Gasteiger partial charge in [-0.2, -0.15) is 5.10 Å². The minimum atomic E-state index is 0.434. The average molecular weight is 364 g/mol. The van der Waals surface area contributed by atoms with Crippen LogP contribution in [0.4, 0.5) is 0 Å². The van der Waals surface area contributed by atoms with Gasteiger partial charge < -0.3 is 9.47 Å². The van der Waals surface area contributed by atoms with Gasteiger partial charge in [0.05, 0.1) is 18.2 Å². The summed E-state index contributed by atoms with van der Waals surface area (Å²) in [4.78, 5) is 7.12. The van der Waals surface area contributed by atoms with Crippen LogP contribution in [0.1, 0.15) is 37.9 Å². The van der Waals surface area contributed by atoms with Crippen molar-refractivity contribution in [2.24, 2.45) is 7.05 Å². The minimum Gasteiger partial charge on any atom is -0.326 e. The van der Waals surface area contributed by atoms with E-state index in [9.17, 15) is 0 Å². The molecular formula is C22H29N5. The zero-order chi connectivity index (χ0) is 18.8. The molecule has 0 spiro atoms. The summed E-state index contributed by atoms with van der Waals surface area (Å²) in [7, 11) is 2.02. The van der Waals surface area contributed by atoms with Gasteiger partial charge in [-0.25, -0.2) is 4.98 Å². The average Bonchev–Trinajstić information content (AvgIpc) is 3.42. The first-order valence-corrected chi connectivity index (χ1v) is 10.0. The van der Waals surface area contributed by atoms with Crippen LogP contribution < -0.4 is 0 Å². The maximum absolute atomic E-state index is 4.83. The summed E-state index contributed by atoms with van der Waals surface area (Å²) in [6, 6.07) is 10.9. The molecule has 2 aromatic heterocycles. The molecule has 142 valence electrons. The molecule has 27 heavy (non-hydrogen) atoms. The van der Waals surface area contributed by atoms with Crippen LogP contribution in [0.15, 0.2) is 42.9 Å². The molecule has 0 bridgehead atoms. The quantitative estimate of drug-likeness (QED) is 0.655. The highest BCUT2D eigenvalue weighted by Gasteiger charge is 2.24. The molecule has 4 rings (SSSR count). The third-order valence-corrected chi connectivity index (χ3v) is 5.84. The third-order valence-electron chi connectivity index (χ3n) is 5.84. The van der Waals surface area contributed by atoms with E-state index < -0.39 is 0 Å². The van der Waals surface area contributed by atoms with Crippen molar-refractivity contribution in [3.05, 3.63) is 48.5 Å². The van der Waals surface area contributed by atoms with E-state index in [0.717, 1.165) is 24.2 Å². The molecule has 5 nitrogen and oxygen atoms in total. The Morgan fingerprint density at radius 2 is 1.85 bits per heavy atom. The van der Waals surface area contributed by atoms with Gasteiger partial charge in [0.25, 0.3) is 0 Å². The van der Waals surface area contributed by atoms with E-state index in [-0.39, 0.29) is 0 Å². The van der Waals surface area contributed by atoms with E-state index in [1.165, 1.54) is 42.9 Å². The Bertz CT molecular complexity index is 887. The molecule has 1 unspecified atom stereocenters. The van der Waals surface area contributed by atoms with Crippen molar-refractivity contribution in [1.29, 1.82) is 0 Å². The zero-order valence-corrected chi connectivity index (χ0v) is 16.6. The Kier molecular flexibility index (Phi) is 5.12. The molecule has 0 amide bonds. The first kappa shape index (κ1) is 18.0. The molecule has 0 radical (unpaired) electrons. The predicted molar refractivity (Wildman–Crippen MR) is 110 cm³/mol. The van der Waals surface area contributed by atoms with Gasteiger partial charge in [0.15, 0.2) is 0 Å². The molecule has 3 heterocycles.